The molecule has 3 heterocycles. The van der Waals surface area contributed by atoms with E-state index in [2.05, 4.69) is 9.97 Å². The van der Waals surface area contributed by atoms with Gasteiger partial charge in [0.2, 0.25) is 0 Å². The van der Waals surface area contributed by atoms with Crippen molar-refractivity contribution in [1.29, 1.82) is 0 Å². The minimum absolute atomic E-state index is 0.148. The summed E-state index contributed by atoms with van der Waals surface area (Å²) in [6, 6.07) is 5.53. The summed E-state index contributed by atoms with van der Waals surface area (Å²) in [6.07, 6.45) is 4.57. The third kappa shape index (κ3) is 2.99. The second kappa shape index (κ2) is 6.23. The van der Waals surface area contributed by atoms with Crippen LogP contribution >= 0.6 is 11.3 Å². The molecule has 1 amide bonds. The molecular formula is C15H15N3O3S. The number of hydrogen-bond acceptors (Lipinski definition) is 5. The number of nitrogens with zero attached hydrogens (tertiary/aromatic N) is 3. The highest BCUT2D eigenvalue weighted by Crippen LogP contribution is 2.26. The minimum Gasteiger partial charge on any atom is -0.481 e. The molecule has 1 unspecified atom stereocenters. The normalized spacial score (nSPS) is 18.2. The molecule has 3 rings (SSSR count). The lowest BCUT2D eigenvalue weighted by Gasteiger charge is -2.30. The number of aliphatic carboxylic acids is 1. The van der Waals surface area contributed by atoms with Crippen molar-refractivity contribution in [2.45, 2.75) is 12.8 Å². The molecule has 7 heteroatoms. The van der Waals surface area contributed by atoms with Crippen LogP contribution in [-0.4, -0.2) is 44.9 Å². The molecule has 2 aromatic heterocycles. The molecule has 0 spiro atoms. The molecule has 1 saturated heterocycles. The molecule has 22 heavy (non-hydrogen) atoms. The summed E-state index contributed by atoms with van der Waals surface area (Å²) >= 11 is 1.29. The van der Waals surface area contributed by atoms with E-state index in [0.717, 1.165) is 5.69 Å². The van der Waals surface area contributed by atoms with Crippen LogP contribution in [0.15, 0.2) is 30.6 Å². The molecular weight excluding hydrogens is 302 g/mol. The SMILES string of the molecule is O=C(O)C1CCCN(C(=O)c2cnc(-c3ccccn3)s2)C1. The molecule has 0 saturated carbocycles. The van der Waals surface area contributed by atoms with E-state index in [-0.39, 0.29) is 12.5 Å². The summed E-state index contributed by atoms with van der Waals surface area (Å²) in [4.78, 5) is 34.2. The Morgan fingerprint density at radius 2 is 2.18 bits per heavy atom. The molecule has 0 aliphatic carbocycles. The van der Waals surface area contributed by atoms with Gasteiger partial charge in [0, 0.05) is 19.3 Å². The van der Waals surface area contributed by atoms with Crippen LogP contribution in [0, 0.1) is 5.92 Å². The monoisotopic (exact) mass is 317 g/mol. The van der Waals surface area contributed by atoms with Gasteiger partial charge in [0.05, 0.1) is 17.8 Å². The van der Waals surface area contributed by atoms with Gasteiger partial charge >= 0.3 is 5.97 Å². The quantitative estimate of drug-likeness (QED) is 0.937. The van der Waals surface area contributed by atoms with Gasteiger partial charge in [-0.25, -0.2) is 4.98 Å². The van der Waals surface area contributed by atoms with E-state index in [4.69, 9.17) is 5.11 Å². The zero-order valence-corrected chi connectivity index (χ0v) is 12.6. The Bertz CT molecular complexity index is 686. The van der Waals surface area contributed by atoms with E-state index in [0.29, 0.717) is 29.3 Å². The summed E-state index contributed by atoms with van der Waals surface area (Å²) in [5, 5.41) is 9.80. The summed E-state index contributed by atoms with van der Waals surface area (Å²) in [7, 11) is 0. The number of carbonyl (C=O) groups excluding carboxylic acids is 1. The second-order valence-electron chi connectivity index (χ2n) is 5.17. The Balaban J connectivity index is 1.76. The van der Waals surface area contributed by atoms with E-state index in [9.17, 15) is 9.59 Å². The van der Waals surface area contributed by atoms with E-state index < -0.39 is 11.9 Å². The number of amides is 1. The van der Waals surface area contributed by atoms with Gasteiger partial charge in [-0.3, -0.25) is 14.6 Å². The first kappa shape index (κ1) is 14.6. The molecule has 114 valence electrons. The molecule has 0 aromatic carbocycles. The Kier molecular flexibility index (Phi) is 4.15. The van der Waals surface area contributed by atoms with Crippen molar-refractivity contribution in [2.24, 2.45) is 5.92 Å². The topological polar surface area (TPSA) is 83.4 Å². The Morgan fingerprint density at radius 1 is 1.32 bits per heavy atom. The number of thiazole rings is 1. The molecule has 0 radical (unpaired) electrons. The molecule has 1 atom stereocenters. The largest absolute Gasteiger partial charge is 0.481 e. The minimum atomic E-state index is -0.837. The third-order valence-electron chi connectivity index (χ3n) is 3.66. The maximum atomic E-state index is 12.5. The summed E-state index contributed by atoms with van der Waals surface area (Å²) in [6.45, 7) is 0.865. The molecule has 1 aliphatic rings. The zero-order chi connectivity index (χ0) is 15.5. The van der Waals surface area contributed by atoms with Crippen molar-refractivity contribution in [3.05, 3.63) is 35.5 Å². The first-order valence-electron chi connectivity index (χ1n) is 7.04. The van der Waals surface area contributed by atoms with Gasteiger partial charge < -0.3 is 10.0 Å². The summed E-state index contributed by atoms with van der Waals surface area (Å²) < 4.78 is 0. The fraction of sp³-hybridized carbons (Fsp3) is 0.333. The lowest BCUT2D eigenvalue weighted by Crippen LogP contribution is -2.42. The van der Waals surface area contributed by atoms with Crippen LogP contribution < -0.4 is 0 Å². The van der Waals surface area contributed by atoms with E-state index >= 15 is 0 Å². The summed E-state index contributed by atoms with van der Waals surface area (Å²) in [5.74, 6) is -1.46. The number of piperidine rings is 1. The molecule has 1 N–H and O–H groups in total. The first-order valence-corrected chi connectivity index (χ1v) is 7.86. The molecule has 0 bridgehead atoms. The van der Waals surface area contributed by atoms with E-state index in [1.54, 1.807) is 17.3 Å². The molecule has 1 aliphatic heterocycles. The van der Waals surface area contributed by atoms with Crippen LogP contribution in [0.4, 0.5) is 0 Å². The van der Waals surface area contributed by atoms with Crippen molar-refractivity contribution >= 4 is 23.2 Å². The van der Waals surface area contributed by atoms with E-state index in [1.165, 1.54) is 11.3 Å². The number of likely N-dealkylation sites (tertiary alicyclic amines) is 1. The second-order valence-corrected chi connectivity index (χ2v) is 6.20. The van der Waals surface area contributed by atoms with Gasteiger partial charge in [-0.05, 0) is 25.0 Å². The van der Waals surface area contributed by atoms with Crippen molar-refractivity contribution in [1.82, 2.24) is 14.9 Å². The highest BCUT2D eigenvalue weighted by Gasteiger charge is 2.29. The van der Waals surface area contributed by atoms with Crippen molar-refractivity contribution in [3.63, 3.8) is 0 Å². The third-order valence-corrected chi connectivity index (χ3v) is 4.67. The van der Waals surface area contributed by atoms with Gasteiger partial charge in [-0.15, -0.1) is 11.3 Å². The predicted molar refractivity (Wildman–Crippen MR) is 81.6 cm³/mol. The zero-order valence-electron chi connectivity index (χ0n) is 11.8. The fourth-order valence-corrected chi connectivity index (χ4v) is 3.36. The van der Waals surface area contributed by atoms with Crippen molar-refractivity contribution in [2.75, 3.05) is 13.1 Å². The number of rotatable bonds is 3. The van der Waals surface area contributed by atoms with Crippen LogP contribution in [0.1, 0.15) is 22.5 Å². The highest BCUT2D eigenvalue weighted by atomic mass is 32.1. The average molecular weight is 317 g/mol. The smallest absolute Gasteiger partial charge is 0.308 e. The van der Waals surface area contributed by atoms with Crippen LogP contribution in [0.3, 0.4) is 0 Å². The number of hydrogen-bond donors (Lipinski definition) is 1. The maximum Gasteiger partial charge on any atom is 0.308 e. The van der Waals surface area contributed by atoms with Crippen LogP contribution in [0.5, 0.6) is 0 Å². The lowest BCUT2D eigenvalue weighted by molar-refractivity contribution is -0.143. The lowest BCUT2D eigenvalue weighted by atomic mass is 9.98. The number of carboxylic acids is 1. The molecule has 2 aromatic rings. The predicted octanol–water partition coefficient (Wildman–Crippen LogP) is 2.14. The number of carbonyl (C=O) groups is 2. The Morgan fingerprint density at radius 3 is 2.91 bits per heavy atom. The maximum absolute atomic E-state index is 12.5. The van der Waals surface area contributed by atoms with Gasteiger partial charge in [-0.1, -0.05) is 6.07 Å². The Hall–Kier alpha value is -2.28. The van der Waals surface area contributed by atoms with Gasteiger partial charge in [-0.2, -0.15) is 0 Å². The Labute approximate surface area is 131 Å². The van der Waals surface area contributed by atoms with Crippen molar-refractivity contribution < 1.29 is 14.7 Å². The first-order chi connectivity index (χ1) is 10.6. The van der Waals surface area contributed by atoms with Crippen LogP contribution in [0.25, 0.3) is 10.7 Å². The standard InChI is InChI=1S/C15H15N3O3S/c19-14(18-7-3-4-10(9-18)15(20)21)12-8-17-13(22-12)11-5-1-2-6-16-11/h1-2,5-6,8,10H,3-4,7,9H2,(H,20,21). The van der Waals surface area contributed by atoms with Gasteiger partial charge in [0.25, 0.3) is 5.91 Å². The molecule has 6 nitrogen and oxygen atoms in total. The van der Waals surface area contributed by atoms with Crippen molar-refractivity contribution in [3.8, 4) is 10.7 Å². The molecule has 1 fully saturated rings. The number of carboxylic acid groups (broad SMARTS) is 1. The van der Waals surface area contributed by atoms with Gasteiger partial charge in [0.1, 0.15) is 9.88 Å². The van der Waals surface area contributed by atoms with Crippen LogP contribution in [0.2, 0.25) is 0 Å². The number of pyridine rings is 1. The summed E-state index contributed by atoms with van der Waals surface area (Å²) in [5.41, 5.74) is 0.730. The fourth-order valence-electron chi connectivity index (χ4n) is 2.50. The highest BCUT2D eigenvalue weighted by molar-refractivity contribution is 7.16. The van der Waals surface area contributed by atoms with E-state index in [1.807, 2.05) is 18.2 Å². The van der Waals surface area contributed by atoms with Crippen LogP contribution in [-0.2, 0) is 4.79 Å². The van der Waals surface area contributed by atoms with Gasteiger partial charge in [0.15, 0.2) is 0 Å². The number of aromatic nitrogens is 2. The average Bonchev–Trinajstić information content (AvgIpc) is 3.05.